The number of carboxylic acids is 1. The van der Waals surface area contributed by atoms with Gasteiger partial charge in [0.1, 0.15) is 6.54 Å². The van der Waals surface area contributed by atoms with Crippen molar-refractivity contribution in [3.8, 4) is 0 Å². The van der Waals surface area contributed by atoms with Crippen LogP contribution in [0.5, 0.6) is 0 Å². The summed E-state index contributed by atoms with van der Waals surface area (Å²) in [6.45, 7) is 0.479. The van der Waals surface area contributed by atoms with E-state index in [2.05, 4.69) is 10.3 Å². The average Bonchev–Trinajstić information content (AvgIpc) is 2.81. The standard InChI is InChI=1S/C11H12N2O3S/c14-9-2-1-7(13-5-11(15)16)3-8(9)10-4-12-6-17-10/h1,3,6,10,13H,2,4-5H2,(H,15,16). The van der Waals surface area contributed by atoms with Gasteiger partial charge in [-0.3, -0.25) is 14.6 Å². The predicted octanol–water partition coefficient (Wildman–Crippen LogP) is 0.587. The average molecular weight is 252 g/mol. The molecule has 1 aliphatic heterocycles. The Hall–Kier alpha value is -1.56. The molecule has 5 nitrogen and oxygen atoms in total. The lowest BCUT2D eigenvalue weighted by molar-refractivity contribution is -0.135. The van der Waals surface area contributed by atoms with Crippen molar-refractivity contribution in [2.45, 2.75) is 11.7 Å². The fourth-order valence-corrected chi connectivity index (χ4v) is 2.51. The van der Waals surface area contributed by atoms with Gasteiger partial charge < -0.3 is 10.4 Å². The molecule has 90 valence electrons. The van der Waals surface area contributed by atoms with Crippen molar-refractivity contribution in [1.82, 2.24) is 5.32 Å². The normalized spacial score (nSPS) is 23.3. The molecular weight excluding hydrogens is 240 g/mol. The maximum atomic E-state index is 11.7. The van der Waals surface area contributed by atoms with Crippen molar-refractivity contribution in [3.05, 3.63) is 23.4 Å². The van der Waals surface area contributed by atoms with Crippen LogP contribution in [-0.2, 0) is 9.59 Å². The van der Waals surface area contributed by atoms with Crippen LogP contribution in [0, 0.1) is 0 Å². The molecular formula is C11H12N2O3S. The molecule has 1 aliphatic carbocycles. The van der Waals surface area contributed by atoms with E-state index in [9.17, 15) is 9.59 Å². The summed E-state index contributed by atoms with van der Waals surface area (Å²) in [6.07, 6.45) is 3.78. The molecule has 1 heterocycles. The minimum atomic E-state index is -0.920. The lowest BCUT2D eigenvalue weighted by atomic mass is 9.98. The SMILES string of the molecule is O=C(O)CNC1=CCC(=O)C(C2CN=CS2)=C1. The number of Topliss-reactive ketones (excluding diaryl/α,β-unsaturated/α-hetero) is 1. The Morgan fingerprint density at radius 3 is 3.12 bits per heavy atom. The number of aliphatic imine (C=N–C) groups is 1. The molecule has 6 heteroatoms. The number of hydrogen-bond acceptors (Lipinski definition) is 5. The Bertz CT molecular complexity index is 432. The third-order valence-corrected chi connectivity index (χ3v) is 3.50. The van der Waals surface area contributed by atoms with Gasteiger partial charge in [0.15, 0.2) is 5.78 Å². The Labute approximate surface area is 103 Å². The van der Waals surface area contributed by atoms with E-state index >= 15 is 0 Å². The van der Waals surface area contributed by atoms with Crippen molar-refractivity contribution in [3.63, 3.8) is 0 Å². The molecule has 1 unspecified atom stereocenters. The first-order valence-corrected chi connectivity index (χ1v) is 6.15. The molecule has 2 aliphatic rings. The van der Waals surface area contributed by atoms with Crippen molar-refractivity contribution in [1.29, 1.82) is 0 Å². The molecule has 0 fully saturated rings. The first-order valence-electron chi connectivity index (χ1n) is 5.21. The molecule has 0 bridgehead atoms. The second-order valence-corrected chi connectivity index (χ2v) is 4.78. The van der Waals surface area contributed by atoms with Crippen LogP contribution in [0.25, 0.3) is 0 Å². The Morgan fingerprint density at radius 1 is 1.65 bits per heavy atom. The zero-order chi connectivity index (χ0) is 12.3. The van der Waals surface area contributed by atoms with Gasteiger partial charge in [0, 0.05) is 17.7 Å². The quantitative estimate of drug-likeness (QED) is 0.765. The van der Waals surface area contributed by atoms with Gasteiger partial charge in [-0.15, -0.1) is 11.8 Å². The summed E-state index contributed by atoms with van der Waals surface area (Å²) in [7, 11) is 0. The van der Waals surface area contributed by atoms with Gasteiger partial charge in [-0.2, -0.15) is 0 Å². The minimum Gasteiger partial charge on any atom is -0.480 e. The van der Waals surface area contributed by atoms with E-state index in [4.69, 9.17) is 5.11 Å². The second-order valence-electron chi connectivity index (χ2n) is 3.73. The van der Waals surface area contributed by atoms with Crippen LogP contribution >= 0.6 is 11.8 Å². The topological polar surface area (TPSA) is 78.8 Å². The Balaban J connectivity index is 2.05. The first-order chi connectivity index (χ1) is 8.16. The lowest BCUT2D eigenvalue weighted by Gasteiger charge is -2.17. The fraction of sp³-hybridized carbons (Fsp3) is 0.364. The van der Waals surface area contributed by atoms with Gasteiger partial charge in [-0.25, -0.2) is 0 Å². The number of rotatable bonds is 4. The van der Waals surface area contributed by atoms with Gasteiger partial charge in [-0.1, -0.05) is 6.08 Å². The zero-order valence-corrected chi connectivity index (χ0v) is 9.87. The van der Waals surface area contributed by atoms with E-state index in [-0.39, 0.29) is 17.6 Å². The van der Waals surface area contributed by atoms with Crippen molar-refractivity contribution < 1.29 is 14.7 Å². The number of carbonyl (C=O) groups excluding carboxylic acids is 1. The Morgan fingerprint density at radius 2 is 2.47 bits per heavy atom. The van der Waals surface area contributed by atoms with Crippen LogP contribution < -0.4 is 5.32 Å². The van der Waals surface area contributed by atoms with E-state index < -0.39 is 5.97 Å². The van der Waals surface area contributed by atoms with Gasteiger partial charge in [-0.05, 0) is 6.08 Å². The molecule has 0 aromatic heterocycles. The predicted molar refractivity (Wildman–Crippen MR) is 66.2 cm³/mol. The number of nitrogens with zero attached hydrogens (tertiary/aromatic N) is 1. The highest BCUT2D eigenvalue weighted by molar-refractivity contribution is 8.13. The van der Waals surface area contributed by atoms with E-state index in [1.165, 1.54) is 11.8 Å². The van der Waals surface area contributed by atoms with Crippen molar-refractivity contribution in [2.24, 2.45) is 4.99 Å². The fourth-order valence-electron chi connectivity index (χ4n) is 1.67. The van der Waals surface area contributed by atoms with Gasteiger partial charge in [0.25, 0.3) is 0 Å². The third kappa shape index (κ3) is 2.97. The van der Waals surface area contributed by atoms with E-state index in [1.54, 1.807) is 17.7 Å². The highest BCUT2D eigenvalue weighted by atomic mass is 32.2. The molecule has 2 rings (SSSR count). The molecule has 0 saturated heterocycles. The largest absolute Gasteiger partial charge is 0.480 e. The molecule has 2 N–H and O–H groups in total. The maximum absolute atomic E-state index is 11.7. The second kappa shape index (κ2) is 5.18. The van der Waals surface area contributed by atoms with Crippen molar-refractivity contribution >= 4 is 29.1 Å². The number of ketones is 1. The molecule has 0 radical (unpaired) electrons. The summed E-state index contributed by atoms with van der Waals surface area (Å²) >= 11 is 1.53. The van der Waals surface area contributed by atoms with Gasteiger partial charge >= 0.3 is 5.97 Å². The van der Waals surface area contributed by atoms with Crippen molar-refractivity contribution in [2.75, 3.05) is 13.1 Å². The molecule has 17 heavy (non-hydrogen) atoms. The number of carboxylic acid groups (broad SMARTS) is 1. The summed E-state index contributed by atoms with van der Waals surface area (Å²) in [5, 5.41) is 11.4. The number of aliphatic carboxylic acids is 1. The van der Waals surface area contributed by atoms with Crippen LogP contribution in [0.15, 0.2) is 28.4 Å². The number of nitrogens with one attached hydrogen (secondary N) is 1. The molecule has 0 aromatic carbocycles. The van der Waals surface area contributed by atoms with Crippen LogP contribution in [0.2, 0.25) is 0 Å². The maximum Gasteiger partial charge on any atom is 0.322 e. The first kappa shape index (κ1) is 11.9. The summed E-state index contributed by atoms with van der Waals surface area (Å²) in [4.78, 5) is 26.3. The molecule has 0 spiro atoms. The molecule has 1 atom stereocenters. The smallest absolute Gasteiger partial charge is 0.322 e. The summed E-state index contributed by atoms with van der Waals surface area (Å²) < 4.78 is 0. The number of thioether (sulfide) groups is 1. The number of carbonyl (C=O) groups is 2. The van der Waals surface area contributed by atoms with E-state index in [0.717, 1.165) is 5.57 Å². The van der Waals surface area contributed by atoms with Crippen LogP contribution in [-0.4, -0.2) is 40.7 Å². The summed E-state index contributed by atoms with van der Waals surface area (Å²) in [5.74, 6) is -0.829. The third-order valence-electron chi connectivity index (χ3n) is 2.50. The summed E-state index contributed by atoms with van der Waals surface area (Å²) in [6, 6.07) is 0. The monoisotopic (exact) mass is 252 g/mol. The number of allylic oxidation sites excluding steroid dienone is 2. The number of hydrogen-bond donors (Lipinski definition) is 2. The lowest BCUT2D eigenvalue weighted by Crippen LogP contribution is -2.25. The molecule has 0 aromatic rings. The minimum absolute atomic E-state index is 0.0813. The van der Waals surface area contributed by atoms with Gasteiger partial charge in [0.05, 0.1) is 17.3 Å². The summed E-state index contributed by atoms with van der Waals surface area (Å²) in [5.41, 5.74) is 3.18. The van der Waals surface area contributed by atoms with E-state index in [0.29, 0.717) is 18.7 Å². The van der Waals surface area contributed by atoms with E-state index in [1.807, 2.05) is 0 Å². The van der Waals surface area contributed by atoms with Gasteiger partial charge in [0.2, 0.25) is 0 Å². The van der Waals surface area contributed by atoms with Crippen LogP contribution in [0.4, 0.5) is 0 Å². The van der Waals surface area contributed by atoms with Crippen LogP contribution in [0.1, 0.15) is 6.42 Å². The zero-order valence-electron chi connectivity index (χ0n) is 9.05. The Kier molecular flexibility index (Phi) is 3.63. The highest BCUT2D eigenvalue weighted by Gasteiger charge is 2.25. The highest BCUT2D eigenvalue weighted by Crippen LogP contribution is 2.27. The molecule has 0 saturated carbocycles. The van der Waals surface area contributed by atoms with Crippen LogP contribution in [0.3, 0.4) is 0 Å². The molecule has 0 amide bonds.